The topological polar surface area (TPSA) is 29.9 Å². The van der Waals surface area contributed by atoms with E-state index in [0.29, 0.717) is 5.56 Å². The lowest BCUT2D eigenvalue weighted by atomic mass is 10.00. The molecule has 0 aliphatic carbocycles. The highest BCUT2D eigenvalue weighted by atomic mass is 19.1. The van der Waals surface area contributed by atoms with Gasteiger partial charge in [-0.15, -0.1) is 0 Å². The lowest BCUT2D eigenvalue weighted by Gasteiger charge is -2.17. The molecular weight excluding hydrogens is 229 g/mol. The van der Waals surface area contributed by atoms with Gasteiger partial charge in [-0.05, 0) is 30.7 Å². The molecule has 1 heterocycles. The summed E-state index contributed by atoms with van der Waals surface area (Å²) < 4.78 is 15.4. The van der Waals surface area contributed by atoms with E-state index in [0.717, 1.165) is 17.7 Å². The fraction of sp³-hybridized carbons (Fsp3) is 0.357. The van der Waals surface area contributed by atoms with E-state index >= 15 is 0 Å². The molecule has 0 saturated carbocycles. The minimum Gasteiger partial charge on any atom is -0.306 e. The van der Waals surface area contributed by atoms with Crippen LogP contribution in [0.4, 0.5) is 4.39 Å². The van der Waals surface area contributed by atoms with Crippen LogP contribution in [0.3, 0.4) is 0 Å². The third kappa shape index (κ3) is 2.59. The van der Waals surface area contributed by atoms with Crippen molar-refractivity contribution in [3.05, 3.63) is 53.1 Å². The first-order valence-electron chi connectivity index (χ1n) is 6.09. The van der Waals surface area contributed by atoms with Crippen LogP contribution in [0.1, 0.15) is 29.7 Å². The third-order valence-corrected chi connectivity index (χ3v) is 3.00. The maximum atomic E-state index is 13.7. The number of rotatable bonds is 4. The van der Waals surface area contributed by atoms with Crippen LogP contribution in [0.15, 0.2) is 30.6 Å². The van der Waals surface area contributed by atoms with Crippen LogP contribution in [0.25, 0.3) is 0 Å². The maximum Gasteiger partial charge on any atom is 0.126 e. The van der Waals surface area contributed by atoms with Gasteiger partial charge in [-0.2, -0.15) is 5.10 Å². The highest BCUT2D eigenvalue weighted by Gasteiger charge is 2.15. The van der Waals surface area contributed by atoms with Crippen LogP contribution in [0.2, 0.25) is 0 Å². The number of benzene rings is 1. The zero-order chi connectivity index (χ0) is 13.1. The van der Waals surface area contributed by atoms with Gasteiger partial charge in [0.15, 0.2) is 0 Å². The Labute approximate surface area is 107 Å². The molecule has 1 aromatic heterocycles. The zero-order valence-electron chi connectivity index (χ0n) is 10.9. The molecule has 1 unspecified atom stereocenters. The van der Waals surface area contributed by atoms with Crippen molar-refractivity contribution in [1.82, 2.24) is 15.1 Å². The molecule has 96 valence electrons. The van der Waals surface area contributed by atoms with Gasteiger partial charge in [0.25, 0.3) is 0 Å². The second-order valence-corrected chi connectivity index (χ2v) is 4.45. The molecule has 3 nitrogen and oxygen atoms in total. The van der Waals surface area contributed by atoms with Gasteiger partial charge in [0, 0.05) is 18.8 Å². The molecule has 0 fully saturated rings. The van der Waals surface area contributed by atoms with Crippen LogP contribution < -0.4 is 5.32 Å². The summed E-state index contributed by atoms with van der Waals surface area (Å²) in [5.74, 6) is -0.167. The highest BCUT2D eigenvalue weighted by Crippen LogP contribution is 2.23. The van der Waals surface area contributed by atoms with E-state index in [1.165, 1.54) is 0 Å². The number of nitrogens with one attached hydrogen (secondary N) is 1. The van der Waals surface area contributed by atoms with Crippen LogP contribution >= 0.6 is 0 Å². The van der Waals surface area contributed by atoms with Crippen molar-refractivity contribution in [2.45, 2.75) is 19.9 Å². The average molecular weight is 247 g/mol. The van der Waals surface area contributed by atoms with Crippen LogP contribution in [-0.2, 0) is 7.05 Å². The minimum absolute atomic E-state index is 0.0150. The van der Waals surface area contributed by atoms with Gasteiger partial charge >= 0.3 is 0 Å². The average Bonchev–Trinajstić information content (AvgIpc) is 2.76. The van der Waals surface area contributed by atoms with Gasteiger partial charge in [0.05, 0.1) is 12.2 Å². The van der Waals surface area contributed by atoms with Gasteiger partial charge in [-0.25, -0.2) is 4.39 Å². The predicted molar refractivity (Wildman–Crippen MR) is 69.9 cm³/mol. The van der Waals surface area contributed by atoms with Crippen molar-refractivity contribution < 1.29 is 4.39 Å². The van der Waals surface area contributed by atoms with E-state index in [1.54, 1.807) is 17.7 Å². The Hall–Kier alpha value is -1.68. The summed E-state index contributed by atoms with van der Waals surface area (Å²) in [5, 5.41) is 7.52. The molecule has 1 atom stereocenters. The van der Waals surface area contributed by atoms with E-state index in [-0.39, 0.29) is 11.9 Å². The molecular formula is C14H18FN3. The van der Waals surface area contributed by atoms with E-state index in [9.17, 15) is 4.39 Å². The van der Waals surface area contributed by atoms with Crippen molar-refractivity contribution in [2.75, 3.05) is 6.54 Å². The number of halogens is 1. The van der Waals surface area contributed by atoms with Crippen molar-refractivity contribution in [3.8, 4) is 0 Å². The largest absolute Gasteiger partial charge is 0.306 e. The number of hydrogen-bond acceptors (Lipinski definition) is 2. The summed E-state index contributed by atoms with van der Waals surface area (Å²) in [5.41, 5.74) is 2.63. The Morgan fingerprint density at radius 1 is 1.39 bits per heavy atom. The molecule has 18 heavy (non-hydrogen) atoms. The second kappa shape index (κ2) is 5.31. The zero-order valence-corrected chi connectivity index (χ0v) is 10.9. The normalized spacial score (nSPS) is 12.7. The summed E-state index contributed by atoms with van der Waals surface area (Å²) in [7, 11) is 1.88. The summed E-state index contributed by atoms with van der Waals surface area (Å²) in [6.45, 7) is 4.62. The first kappa shape index (κ1) is 12.8. The molecule has 1 N–H and O–H groups in total. The van der Waals surface area contributed by atoms with Crippen LogP contribution in [0.5, 0.6) is 0 Å². The quantitative estimate of drug-likeness (QED) is 0.900. The molecule has 0 amide bonds. The summed E-state index contributed by atoms with van der Waals surface area (Å²) in [6.07, 6.45) is 3.76. The lowest BCUT2D eigenvalue weighted by Crippen LogP contribution is -2.21. The van der Waals surface area contributed by atoms with E-state index in [1.807, 2.05) is 38.5 Å². The predicted octanol–water partition coefficient (Wildman–Crippen LogP) is 2.57. The molecule has 0 aliphatic rings. The molecule has 0 radical (unpaired) electrons. The Morgan fingerprint density at radius 3 is 2.72 bits per heavy atom. The molecule has 2 rings (SSSR count). The van der Waals surface area contributed by atoms with E-state index in [4.69, 9.17) is 0 Å². The standard InChI is InChI=1S/C14H18FN3/c1-4-16-14(12-8-17-18(3)9-12)11-6-5-10(2)13(15)7-11/h5-9,14,16H,4H2,1-3H3. The number of aromatic nitrogens is 2. The number of aryl methyl sites for hydroxylation is 2. The first-order valence-corrected chi connectivity index (χ1v) is 6.09. The smallest absolute Gasteiger partial charge is 0.126 e. The van der Waals surface area contributed by atoms with Crippen LogP contribution in [0, 0.1) is 12.7 Å². The summed E-state index contributed by atoms with van der Waals surface area (Å²) in [4.78, 5) is 0. The van der Waals surface area contributed by atoms with Crippen molar-refractivity contribution >= 4 is 0 Å². The molecule has 0 bridgehead atoms. The third-order valence-electron chi connectivity index (χ3n) is 3.00. The monoisotopic (exact) mass is 247 g/mol. The number of hydrogen-bond donors (Lipinski definition) is 1. The fourth-order valence-corrected chi connectivity index (χ4v) is 2.01. The SMILES string of the molecule is CCNC(c1ccc(C)c(F)c1)c1cnn(C)c1. The van der Waals surface area contributed by atoms with E-state index in [2.05, 4.69) is 10.4 Å². The maximum absolute atomic E-state index is 13.7. The number of nitrogens with zero attached hydrogens (tertiary/aromatic N) is 2. The van der Waals surface area contributed by atoms with Gasteiger partial charge in [-0.1, -0.05) is 19.1 Å². The van der Waals surface area contributed by atoms with Crippen molar-refractivity contribution in [1.29, 1.82) is 0 Å². The Kier molecular flexibility index (Phi) is 3.77. The Balaban J connectivity index is 2.37. The Morgan fingerprint density at radius 2 is 2.17 bits per heavy atom. The minimum atomic E-state index is -0.167. The fourth-order valence-electron chi connectivity index (χ4n) is 2.01. The van der Waals surface area contributed by atoms with Gasteiger partial charge in [-0.3, -0.25) is 4.68 Å². The highest BCUT2D eigenvalue weighted by molar-refractivity contribution is 5.32. The van der Waals surface area contributed by atoms with Gasteiger partial charge < -0.3 is 5.32 Å². The summed E-state index contributed by atoms with van der Waals surface area (Å²) >= 11 is 0. The van der Waals surface area contributed by atoms with Gasteiger partial charge in [0.1, 0.15) is 5.82 Å². The molecule has 4 heteroatoms. The molecule has 2 aromatic rings. The van der Waals surface area contributed by atoms with E-state index < -0.39 is 0 Å². The molecule has 0 saturated heterocycles. The molecule has 0 spiro atoms. The lowest BCUT2D eigenvalue weighted by molar-refractivity contribution is 0.597. The first-order chi connectivity index (χ1) is 8.61. The molecule has 1 aromatic carbocycles. The Bertz CT molecular complexity index is 534. The molecule has 0 aliphatic heterocycles. The van der Waals surface area contributed by atoms with Gasteiger partial charge in [0.2, 0.25) is 0 Å². The van der Waals surface area contributed by atoms with Crippen molar-refractivity contribution in [2.24, 2.45) is 7.05 Å². The van der Waals surface area contributed by atoms with Crippen molar-refractivity contribution in [3.63, 3.8) is 0 Å². The second-order valence-electron chi connectivity index (χ2n) is 4.45. The summed E-state index contributed by atoms with van der Waals surface area (Å²) in [6, 6.07) is 5.35. The van der Waals surface area contributed by atoms with Crippen LogP contribution in [-0.4, -0.2) is 16.3 Å².